The van der Waals surface area contributed by atoms with E-state index in [9.17, 15) is 9.59 Å². The van der Waals surface area contributed by atoms with Crippen molar-refractivity contribution in [3.05, 3.63) is 58.5 Å². The van der Waals surface area contributed by atoms with E-state index in [2.05, 4.69) is 0 Å². The molecule has 23 heavy (non-hydrogen) atoms. The summed E-state index contributed by atoms with van der Waals surface area (Å²) < 4.78 is 10.3. The first kappa shape index (κ1) is 16.8. The molecule has 0 amide bonds. The first-order chi connectivity index (χ1) is 10.9. The molecule has 0 saturated heterocycles. The van der Waals surface area contributed by atoms with Crippen LogP contribution in [0.15, 0.2) is 34.7 Å². The van der Waals surface area contributed by atoms with E-state index in [1.54, 1.807) is 31.2 Å². The molecule has 2 rings (SSSR count). The van der Waals surface area contributed by atoms with E-state index in [4.69, 9.17) is 14.3 Å². The molecular formula is C17H19NO5. The van der Waals surface area contributed by atoms with Gasteiger partial charge < -0.3 is 14.3 Å². The molecule has 1 aromatic carbocycles. The minimum Gasteiger partial charge on any atom is -0.478 e. The SMILES string of the molecule is COC(=O)c1cc(CN(C)Cc2cccc(C(=O)O)c2)oc1C. The van der Waals surface area contributed by atoms with Crippen LogP contribution >= 0.6 is 0 Å². The Morgan fingerprint density at radius 2 is 2.00 bits per heavy atom. The van der Waals surface area contributed by atoms with Crippen molar-refractivity contribution >= 4 is 11.9 Å². The Morgan fingerprint density at radius 1 is 1.26 bits per heavy atom. The minimum atomic E-state index is -0.945. The number of esters is 1. The topological polar surface area (TPSA) is 80.0 Å². The molecule has 2 aromatic rings. The van der Waals surface area contributed by atoms with Crippen LogP contribution in [0.4, 0.5) is 0 Å². The normalized spacial score (nSPS) is 10.8. The van der Waals surface area contributed by atoms with Crippen molar-refractivity contribution in [3.8, 4) is 0 Å². The van der Waals surface area contributed by atoms with Crippen LogP contribution in [0.2, 0.25) is 0 Å². The Bertz CT molecular complexity index is 720. The molecular weight excluding hydrogens is 298 g/mol. The standard InChI is InChI=1S/C17H19NO5/c1-11-15(17(21)22-3)8-14(23-11)10-18(2)9-12-5-4-6-13(7-12)16(19)20/h4-8H,9-10H2,1-3H3,(H,19,20). The quantitative estimate of drug-likeness (QED) is 0.825. The van der Waals surface area contributed by atoms with Gasteiger partial charge in [0.05, 0.1) is 19.2 Å². The number of carbonyl (C=O) groups is 2. The molecule has 1 aromatic heterocycles. The van der Waals surface area contributed by atoms with Crippen LogP contribution in [0.5, 0.6) is 0 Å². The fourth-order valence-corrected chi connectivity index (χ4v) is 2.37. The smallest absolute Gasteiger partial charge is 0.341 e. The van der Waals surface area contributed by atoms with Crippen LogP contribution < -0.4 is 0 Å². The van der Waals surface area contributed by atoms with Crippen LogP contribution in [0.3, 0.4) is 0 Å². The van der Waals surface area contributed by atoms with Gasteiger partial charge in [0.25, 0.3) is 0 Å². The molecule has 6 nitrogen and oxygen atoms in total. The van der Waals surface area contributed by atoms with E-state index < -0.39 is 11.9 Å². The van der Waals surface area contributed by atoms with E-state index in [1.165, 1.54) is 7.11 Å². The second-order valence-electron chi connectivity index (χ2n) is 5.35. The molecule has 1 N–H and O–H groups in total. The predicted octanol–water partition coefficient (Wildman–Crippen LogP) is 2.70. The summed E-state index contributed by atoms with van der Waals surface area (Å²) in [6.45, 7) is 2.77. The van der Waals surface area contributed by atoms with Crippen molar-refractivity contribution in [3.63, 3.8) is 0 Å². The summed E-state index contributed by atoms with van der Waals surface area (Å²) in [4.78, 5) is 24.5. The third-order valence-electron chi connectivity index (χ3n) is 3.43. The van der Waals surface area contributed by atoms with Gasteiger partial charge in [-0.15, -0.1) is 0 Å². The van der Waals surface area contributed by atoms with E-state index in [0.29, 0.717) is 30.2 Å². The monoisotopic (exact) mass is 317 g/mol. The number of rotatable bonds is 6. The number of aromatic carboxylic acids is 1. The first-order valence-electron chi connectivity index (χ1n) is 7.09. The van der Waals surface area contributed by atoms with Crippen molar-refractivity contribution in [2.45, 2.75) is 20.0 Å². The van der Waals surface area contributed by atoms with E-state index in [0.717, 1.165) is 5.56 Å². The molecule has 0 fully saturated rings. The molecule has 0 radical (unpaired) electrons. The largest absolute Gasteiger partial charge is 0.478 e. The summed E-state index contributed by atoms with van der Waals surface area (Å²) in [5, 5.41) is 9.01. The van der Waals surface area contributed by atoms with Crippen LogP contribution in [-0.4, -0.2) is 36.1 Å². The number of nitrogens with zero attached hydrogens (tertiary/aromatic N) is 1. The fraction of sp³-hybridized carbons (Fsp3) is 0.294. The number of carboxylic acids is 1. The Kier molecular flexibility index (Phi) is 5.18. The van der Waals surface area contributed by atoms with Crippen LogP contribution in [0.1, 0.15) is 37.8 Å². The van der Waals surface area contributed by atoms with Crippen molar-refractivity contribution in [1.82, 2.24) is 4.90 Å². The van der Waals surface area contributed by atoms with Gasteiger partial charge >= 0.3 is 11.9 Å². The van der Waals surface area contributed by atoms with Crippen molar-refractivity contribution in [2.75, 3.05) is 14.2 Å². The van der Waals surface area contributed by atoms with Crippen LogP contribution in [0, 0.1) is 6.92 Å². The highest BCUT2D eigenvalue weighted by atomic mass is 16.5. The molecule has 0 aliphatic rings. The van der Waals surface area contributed by atoms with E-state index >= 15 is 0 Å². The van der Waals surface area contributed by atoms with Gasteiger partial charge in [0.15, 0.2) is 0 Å². The summed E-state index contributed by atoms with van der Waals surface area (Å²) in [5.41, 5.74) is 1.57. The summed E-state index contributed by atoms with van der Waals surface area (Å²) in [6, 6.07) is 8.47. The second kappa shape index (κ2) is 7.11. The number of furan rings is 1. The zero-order valence-electron chi connectivity index (χ0n) is 13.3. The number of carboxylic acid groups (broad SMARTS) is 1. The Balaban J connectivity index is 2.05. The number of hydrogen-bond acceptors (Lipinski definition) is 5. The molecule has 0 aliphatic heterocycles. The molecule has 0 unspecified atom stereocenters. The molecule has 0 atom stereocenters. The summed E-state index contributed by atoms with van der Waals surface area (Å²) >= 11 is 0. The van der Waals surface area contributed by atoms with Gasteiger partial charge in [-0.1, -0.05) is 12.1 Å². The number of methoxy groups -OCH3 is 1. The van der Waals surface area contributed by atoms with Gasteiger partial charge in [-0.3, -0.25) is 4.90 Å². The van der Waals surface area contributed by atoms with E-state index in [-0.39, 0.29) is 5.56 Å². The summed E-state index contributed by atoms with van der Waals surface area (Å²) in [6.07, 6.45) is 0. The first-order valence-corrected chi connectivity index (χ1v) is 7.09. The number of hydrogen-bond donors (Lipinski definition) is 1. The lowest BCUT2D eigenvalue weighted by Crippen LogP contribution is -2.17. The highest BCUT2D eigenvalue weighted by Crippen LogP contribution is 2.18. The molecule has 6 heteroatoms. The molecule has 0 saturated carbocycles. The number of benzene rings is 1. The number of ether oxygens (including phenoxy) is 1. The average molecular weight is 317 g/mol. The number of carbonyl (C=O) groups excluding carboxylic acids is 1. The van der Waals surface area contributed by atoms with Gasteiger partial charge in [-0.2, -0.15) is 0 Å². The zero-order valence-corrected chi connectivity index (χ0v) is 13.3. The van der Waals surface area contributed by atoms with Crippen molar-refractivity contribution < 1.29 is 23.8 Å². The van der Waals surface area contributed by atoms with Crippen molar-refractivity contribution in [1.29, 1.82) is 0 Å². The van der Waals surface area contributed by atoms with E-state index in [1.807, 2.05) is 18.0 Å². The maximum absolute atomic E-state index is 11.6. The van der Waals surface area contributed by atoms with Gasteiger partial charge in [0, 0.05) is 6.54 Å². The molecule has 0 bridgehead atoms. The predicted molar refractivity (Wildman–Crippen MR) is 83.4 cm³/mol. The van der Waals surface area contributed by atoms with Crippen LogP contribution in [-0.2, 0) is 17.8 Å². The van der Waals surface area contributed by atoms with Crippen LogP contribution in [0.25, 0.3) is 0 Å². The Labute approximate surface area is 134 Å². The summed E-state index contributed by atoms with van der Waals surface area (Å²) in [5.74, 6) is -0.193. The maximum atomic E-state index is 11.6. The van der Waals surface area contributed by atoms with Gasteiger partial charge in [0.1, 0.15) is 17.1 Å². The summed E-state index contributed by atoms with van der Waals surface area (Å²) in [7, 11) is 3.22. The molecule has 1 heterocycles. The molecule has 0 aliphatic carbocycles. The number of aryl methyl sites for hydroxylation is 1. The fourth-order valence-electron chi connectivity index (χ4n) is 2.37. The highest BCUT2D eigenvalue weighted by Gasteiger charge is 2.16. The maximum Gasteiger partial charge on any atom is 0.341 e. The van der Waals surface area contributed by atoms with Gasteiger partial charge in [-0.25, -0.2) is 9.59 Å². The van der Waals surface area contributed by atoms with Crippen molar-refractivity contribution in [2.24, 2.45) is 0 Å². The lowest BCUT2D eigenvalue weighted by atomic mass is 10.1. The lowest BCUT2D eigenvalue weighted by molar-refractivity contribution is 0.0598. The minimum absolute atomic E-state index is 0.262. The zero-order chi connectivity index (χ0) is 17.0. The van der Waals surface area contributed by atoms with Gasteiger partial charge in [-0.05, 0) is 37.7 Å². The Morgan fingerprint density at radius 3 is 2.65 bits per heavy atom. The second-order valence-corrected chi connectivity index (χ2v) is 5.35. The third-order valence-corrected chi connectivity index (χ3v) is 3.43. The molecule has 122 valence electrons. The average Bonchev–Trinajstić information content (AvgIpc) is 2.87. The molecule has 0 spiro atoms. The Hall–Kier alpha value is -2.60. The highest BCUT2D eigenvalue weighted by molar-refractivity contribution is 5.90. The lowest BCUT2D eigenvalue weighted by Gasteiger charge is -2.15. The third kappa shape index (κ3) is 4.20. The van der Waals surface area contributed by atoms with Gasteiger partial charge in [0.2, 0.25) is 0 Å².